The van der Waals surface area contributed by atoms with Crippen molar-refractivity contribution in [2.45, 2.75) is 13.2 Å². The normalized spacial score (nSPS) is 18.7. The van der Waals surface area contributed by atoms with Crippen LogP contribution in [-0.4, -0.2) is 123 Å². The monoisotopic (exact) mass is 727 g/mol. The fraction of sp³-hybridized carbons (Fsp3) is 0.486. The van der Waals surface area contributed by atoms with E-state index in [2.05, 4.69) is 4.98 Å². The lowest BCUT2D eigenvalue weighted by Gasteiger charge is -2.15. The smallest absolute Gasteiger partial charge is 0.357 e. The van der Waals surface area contributed by atoms with Gasteiger partial charge in [-0.3, -0.25) is 0 Å². The maximum absolute atomic E-state index is 13.1. The van der Waals surface area contributed by atoms with E-state index >= 15 is 0 Å². The minimum absolute atomic E-state index is 0.0719. The van der Waals surface area contributed by atoms with Crippen LogP contribution >= 0.6 is 0 Å². The molecule has 0 unspecified atom stereocenters. The van der Waals surface area contributed by atoms with Crippen LogP contribution < -0.4 is 18.9 Å². The molecule has 0 saturated carbocycles. The van der Waals surface area contributed by atoms with Crippen molar-refractivity contribution in [3.05, 3.63) is 77.1 Å². The van der Waals surface area contributed by atoms with Crippen molar-refractivity contribution in [1.82, 2.24) is 4.98 Å². The number of benzene rings is 2. The molecule has 3 aromatic rings. The Kier molecular flexibility index (Phi) is 16.7. The molecule has 0 N–H and O–H groups in total. The number of hydrogen-bond acceptors (Lipinski definition) is 15. The van der Waals surface area contributed by atoms with E-state index in [4.69, 9.17) is 56.8 Å². The number of aromatic nitrogens is 1. The number of carbonyl (C=O) groups is 2. The van der Waals surface area contributed by atoms with Crippen LogP contribution in [0.5, 0.6) is 23.0 Å². The van der Waals surface area contributed by atoms with E-state index in [-0.39, 0.29) is 51.0 Å². The first-order valence-corrected chi connectivity index (χ1v) is 17.2. The lowest BCUT2D eigenvalue weighted by molar-refractivity contribution is 0.00444. The highest BCUT2D eigenvalue weighted by Crippen LogP contribution is 2.27. The lowest BCUT2D eigenvalue weighted by atomic mass is 10.2. The highest BCUT2D eigenvalue weighted by atomic mass is 16.6. The second-order valence-corrected chi connectivity index (χ2v) is 11.2. The van der Waals surface area contributed by atoms with Crippen molar-refractivity contribution in [2.24, 2.45) is 0 Å². The average Bonchev–Trinajstić information content (AvgIpc) is 3.16. The van der Waals surface area contributed by atoms with E-state index in [1.165, 1.54) is 18.2 Å². The van der Waals surface area contributed by atoms with E-state index in [1.54, 1.807) is 36.4 Å². The molecule has 0 radical (unpaired) electrons. The number of esters is 2. The predicted octanol–water partition coefficient (Wildman–Crippen LogP) is 3.44. The molecule has 15 nitrogen and oxygen atoms in total. The molecular weight excluding hydrogens is 682 g/mol. The summed E-state index contributed by atoms with van der Waals surface area (Å²) in [7, 11) is 0. The molecule has 1 aromatic heterocycles. The van der Waals surface area contributed by atoms with Crippen LogP contribution in [0.2, 0.25) is 0 Å². The zero-order valence-corrected chi connectivity index (χ0v) is 29.1. The van der Waals surface area contributed by atoms with E-state index in [1.807, 2.05) is 0 Å². The van der Waals surface area contributed by atoms with Crippen molar-refractivity contribution >= 4 is 11.9 Å². The fourth-order valence-electron chi connectivity index (χ4n) is 4.84. The molecule has 2 aliphatic heterocycles. The van der Waals surface area contributed by atoms with Crippen LogP contribution in [0.4, 0.5) is 0 Å². The third kappa shape index (κ3) is 13.6. The van der Waals surface area contributed by atoms with Gasteiger partial charge >= 0.3 is 11.9 Å². The van der Waals surface area contributed by atoms with Crippen LogP contribution in [0.3, 0.4) is 0 Å². The van der Waals surface area contributed by atoms with Crippen LogP contribution in [0.15, 0.2) is 54.6 Å². The van der Waals surface area contributed by atoms with Gasteiger partial charge in [0.05, 0.1) is 79.3 Å². The van der Waals surface area contributed by atoms with Crippen LogP contribution in [0.1, 0.15) is 32.1 Å². The van der Waals surface area contributed by atoms with Crippen molar-refractivity contribution in [3.8, 4) is 23.0 Å². The number of pyridine rings is 1. The Morgan fingerprint density at radius 3 is 1.12 bits per heavy atom. The van der Waals surface area contributed by atoms with Gasteiger partial charge in [-0.15, -0.1) is 0 Å². The van der Waals surface area contributed by atoms with Crippen LogP contribution in [0, 0.1) is 0 Å². The molecule has 0 aliphatic carbocycles. The molecule has 0 amide bonds. The zero-order valence-electron chi connectivity index (χ0n) is 29.1. The molecule has 2 aromatic carbocycles. The molecule has 2 aliphatic rings. The molecule has 0 fully saturated rings. The first-order chi connectivity index (χ1) is 25.7. The Hall–Kier alpha value is -4.51. The van der Waals surface area contributed by atoms with Crippen molar-refractivity contribution < 1.29 is 66.4 Å². The molecule has 3 heterocycles. The second kappa shape index (κ2) is 22.4. The average molecular weight is 728 g/mol. The van der Waals surface area contributed by atoms with Gasteiger partial charge in [-0.05, 0) is 48.5 Å². The van der Waals surface area contributed by atoms with Crippen LogP contribution in [0.25, 0.3) is 0 Å². The molecule has 6 bridgehead atoms. The molecule has 5 rings (SSSR count). The summed E-state index contributed by atoms with van der Waals surface area (Å²) in [5.41, 5.74) is 0.967. The largest absolute Gasteiger partial charge is 0.491 e. The molecule has 282 valence electrons. The van der Waals surface area contributed by atoms with E-state index in [0.717, 1.165) is 0 Å². The lowest BCUT2D eigenvalue weighted by Crippen LogP contribution is -2.16. The number of carbonyl (C=O) groups excluding carboxylic acids is 2. The van der Waals surface area contributed by atoms with E-state index < -0.39 is 11.9 Å². The van der Waals surface area contributed by atoms with Gasteiger partial charge in [0.15, 0.2) is 0 Å². The van der Waals surface area contributed by atoms with Crippen molar-refractivity contribution in [3.63, 3.8) is 0 Å². The summed E-state index contributed by atoms with van der Waals surface area (Å²) in [4.78, 5) is 30.5. The van der Waals surface area contributed by atoms with Gasteiger partial charge in [-0.1, -0.05) is 6.07 Å². The predicted molar refractivity (Wildman–Crippen MR) is 182 cm³/mol. The van der Waals surface area contributed by atoms with Crippen LogP contribution in [-0.2, 0) is 51.1 Å². The molecule has 15 heteroatoms. The first kappa shape index (κ1) is 38.7. The molecular formula is C37H45NO14. The number of fused-ring (bicyclic) bond motifs is 6. The maximum atomic E-state index is 13.1. The van der Waals surface area contributed by atoms with Gasteiger partial charge in [-0.2, -0.15) is 0 Å². The first-order valence-electron chi connectivity index (χ1n) is 17.2. The Labute approximate surface area is 302 Å². The van der Waals surface area contributed by atoms with Gasteiger partial charge in [0.25, 0.3) is 0 Å². The van der Waals surface area contributed by atoms with Crippen molar-refractivity contribution in [2.75, 3.05) is 106 Å². The Morgan fingerprint density at radius 1 is 0.385 bits per heavy atom. The van der Waals surface area contributed by atoms with Gasteiger partial charge < -0.3 is 56.8 Å². The summed E-state index contributed by atoms with van der Waals surface area (Å²) < 4.78 is 68.6. The number of rotatable bonds is 0. The molecule has 0 atom stereocenters. The number of ether oxygens (including phenoxy) is 12. The van der Waals surface area contributed by atoms with E-state index in [0.29, 0.717) is 113 Å². The quantitative estimate of drug-likeness (QED) is 0.310. The van der Waals surface area contributed by atoms with Crippen molar-refractivity contribution in [1.29, 1.82) is 0 Å². The van der Waals surface area contributed by atoms with Gasteiger partial charge in [0.2, 0.25) is 0 Å². The summed E-state index contributed by atoms with van der Waals surface area (Å²) in [6, 6.07) is 14.9. The van der Waals surface area contributed by atoms with E-state index in [9.17, 15) is 9.59 Å². The minimum atomic E-state index is -0.743. The minimum Gasteiger partial charge on any atom is -0.491 e. The number of hydrogen-bond donors (Lipinski definition) is 0. The molecule has 0 spiro atoms. The highest BCUT2D eigenvalue weighted by Gasteiger charge is 2.18. The summed E-state index contributed by atoms with van der Waals surface area (Å²) in [6.07, 6.45) is 0. The van der Waals surface area contributed by atoms with Gasteiger partial charge in [0.1, 0.15) is 74.0 Å². The Bertz CT molecular complexity index is 1430. The summed E-state index contributed by atoms with van der Waals surface area (Å²) in [5.74, 6) is 0.551. The van der Waals surface area contributed by atoms with Gasteiger partial charge in [0, 0.05) is 11.1 Å². The SMILES string of the molecule is O=C1OCc2cc3ccc2OCCOCCOCCOCCOc2ccc(cc2COC(=O)c2cccc1n2)OCCOCCOCCOCCO3. The summed E-state index contributed by atoms with van der Waals surface area (Å²) >= 11 is 0. The molecule has 0 saturated heterocycles. The fourth-order valence-corrected chi connectivity index (χ4v) is 4.84. The highest BCUT2D eigenvalue weighted by molar-refractivity contribution is 5.91. The molecule has 52 heavy (non-hydrogen) atoms. The Morgan fingerprint density at radius 2 is 0.731 bits per heavy atom. The second-order valence-electron chi connectivity index (χ2n) is 11.2. The standard InChI is InChI=1S/C37H45NO14/c39-36-32-2-1-3-33(38-32)37(40)52-27-29-25-31-5-7-35(29)50-23-19-46-15-11-42-10-14-45-18-22-49-34-6-4-30(24-28(34)26-51-36)47-20-16-43-12-8-41-9-13-44-17-21-48-31/h1-7,24-25H,8-23,26-27H2. The zero-order chi connectivity index (χ0) is 36.1. The summed E-state index contributed by atoms with van der Waals surface area (Å²) in [5, 5.41) is 0. The number of nitrogens with zero attached hydrogens (tertiary/aromatic N) is 1. The third-order valence-electron chi connectivity index (χ3n) is 7.40. The summed E-state index contributed by atoms with van der Waals surface area (Å²) in [6.45, 7) is 5.20. The third-order valence-corrected chi connectivity index (χ3v) is 7.40. The van der Waals surface area contributed by atoms with Gasteiger partial charge in [-0.25, -0.2) is 14.6 Å². The maximum Gasteiger partial charge on any atom is 0.357 e. The topological polar surface area (TPSA) is 158 Å². The Balaban J connectivity index is 1.36.